The predicted octanol–water partition coefficient (Wildman–Crippen LogP) is 5.41. The van der Waals surface area contributed by atoms with Gasteiger partial charge < -0.3 is 10.1 Å². The van der Waals surface area contributed by atoms with Crippen LogP contribution in [0.15, 0.2) is 36.4 Å². The van der Waals surface area contributed by atoms with Crippen LogP contribution in [0.2, 0.25) is 10.0 Å². The Morgan fingerprint density at radius 3 is 2.61 bits per heavy atom. The zero-order valence-electron chi connectivity index (χ0n) is 13.2. The third-order valence-electron chi connectivity index (χ3n) is 3.36. The van der Waals surface area contributed by atoms with E-state index < -0.39 is 0 Å². The van der Waals surface area contributed by atoms with E-state index in [1.165, 1.54) is 5.56 Å². The molecule has 0 radical (unpaired) electrons. The summed E-state index contributed by atoms with van der Waals surface area (Å²) in [5, 5.41) is 3.95. The fourth-order valence-electron chi connectivity index (χ4n) is 2.17. The van der Waals surface area contributed by atoms with Crippen LogP contribution in [0.4, 0.5) is 5.69 Å². The number of ether oxygens (including phenoxy) is 1. The molecule has 0 unspecified atom stereocenters. The van der Waals surface area contributed by atoms with E-state index in [9.17, 15) is 4.79 Å². The number of anilines is 1. The summed E-state index contributed by atoms with van der Waals surface area (Å²) in [4.78, 5) is 12.0. The number of aryl methyl sites for hydroxylation is 2. The number of carbonyl (C=O) groups excluding carboxylic acids is 1. The van der Waals surface area contributed by atoms with Crippen LogP contribution in [-0.2, 0) is 4.79 Å². The lowest BCUT2D eigenvalue weighted by Crippen LogP contribution is -2.13. The number of hydrogen-bond donors (Lipinski definition) is 1. The first-order valence-electron chi connectivity index (χ1n) is 7.40. The molecule has 0 bridgehead atoms. The topological polar surface area (TPSA) is 38.3 Å². The maximum atomic E-state index is 12.0. The molecule has 122 valence electrons. The molecule has 0 atom stereocenters. The van der Waals surface area contributed by atoms with E-state index in [4.69, 9.17) is 27.9 Å². The zero-order valence-corrected chi connectivity index (χ0v) is 14.7. The van der Waals surface area contributed by atoms with Gasteiger partial charge in [0.15, 0.2) is 0 Å². The van der Waals surface area contributed by atoms with Crippen LogP contribution in [0, 0.1) is 13.8 Å². The molecule has 0 aliphatic rings. The lowest BCUT2D eigenvalue weighted by atomic mass is 10.1. The molecule has 0 aromatic heterocycles. The Kier molecular flexibility index (Phi) is 6.31. The van der Waals surface area contributed by atoms with Crippen molar-refractivity contribution >= 4 is 34.8 Å². The van der Waals surface area contributed by atoms with Crippen LogP contribution >= 0.6 is 23.2 Å². The molecule has 0 spiro atoms. The van der Waals surface area contributed by atoms with Crippen molar-refractivity contribution in [2.24, 2.45) is 0 Å². The Morgan fingerprint density at radius 1 is 1.13 bits per heavy atom. The van der Waals surface area contributed by atoms with Crippen molar-refractivity contribution in [2.45, 2.75) is 26.7 Å². The quantitative estimate of drug-likeness (QED) is 0.706. The number of amides is 1. The molecule has 0 saturated heterocycles. The normalized spacial score (nSPS) is 10.4. The van der Waals surface area contributed by atoms with Gasteiger partial charge in [0.25, 0.3) is 0 Å². The van der Waals surface area contributed by atoms with Crippen molar-refractivity contribution in [3.63, 3.8) is 0 Å². The highest BCUT2D eigenvalue weighted by molar-refractivity contribution is 6.35. The number of hydrogen-bond acceptors (Lipinski definition) is 2. The van der Waals surface area contributed by atoms with Crippen molar-refractivity contribution < 1.29 is 9.53 Å². The van der Waals surface area contributed by atoms with Gasteiger partial charge in [-0.1, -0.05) is 40.9 Å². The van der Waals surface area contributed by atoms with Gasteiger partial charge in [0.2, 0.25) is 5.91 Å². The number of halogens is 2. The summed E-state index contributed by atoms with van der Waals surface area (Å²) in [6.07, 6.45) is 0.994. The molecular formula is C18H19Cl2NO2. The molecule has 0 fully saturated rings. The summed E-state index contributed by atoms with van der Waals surface area (Å²) >= 11 is 11.8. The molecule has 2 aromatic carbocycles. The minimum absolute atomic E-state index is 0.0252. The van der Waals surface area contributed by atoms with E-state index >= 15 is 0 Å². The minimum atomic E-state index is -0.0252. The van der Waals surface area contributed by atoms with Gasteiger partial charge in [-0.05, 0) is 50.1 Å². The predicted molar refractivity (Wildman–Crippen MR) is 95.7 cm³/mol. The fourth-order valence-corrected chi connectivity index (χ4v) is 2.64. The molecule has 2 rings (SSSR count). The SMILES string of the molecule is Cc1ccc(NC(=O)CCCOc2ccc(Cl)cc2Cl)c(C)c1. The first-order chi connectivity index (χ1) is 11.0. The van der Waals surface area contributed by atoms with Gasteiger partial charge in [-0.25, -0.2) is 0 Å². The standard InChI is InChI=1S/C18H19Cl2NO2/c1-12-5-7-16(13(2)10-12)21-18(22)4-3-9-23-17-8-6-14(19)11-15(17)20/h5-8,10-11H,3-4,9H2,1-2H3,(H,21,22). The summed E-state index contributed by atoms with van der Waals surface area (Å²) in [5.74, 6) is 0.550. The maximum Gasteiger partial charge on any atom is 0.224 e. The molecule has 1 amide bonds. The second kappa shape index (κ2) is 8.23. The van der Waals surface area contributed by atoms with Crippen LogP contribution < -0.4 is 10.1 Å². The molecule has 3 nitrogen and oxygen atoms in total. The Hall–Kier alpha value is -1.71. The molecule has 23 heavy (non-hydrogen) atoms. The van der Waals surface area contributed by atoms with E-state index in [-0.39, 0.29) is 5.91 Å². The van der Waals surface area contributed by atoms with Gasteiger partial charge in [-0.2, -0.15) is 0 Å². The Labute approximate surface area is 146 Å². The highest BCUT2D eigenvalue weighted by Crippen LogP contribution is 2.27. The molecule has 1 N–H and O–H groups in total. The molecule has 0 saturated carbocycles. The lowest BCUT2D eigenvalue weighted by Gasteiger charge is -2.10. The van der Waals surface area contributed by atoms with Gasteiger partial charge in [0.05, 0.1) is 11.6 Å². The summed E-state index contributed by atoms with van der Waals surface area (Å²) in [6, 6.07) is 11.0. The summed E-state index contributed by atoms with van der Waals surface area (Å²) in [6.45, 7) is 4.42. The van der Waals surface area contributed by atoms with E-state index in [1.54, 1.807) is 18.2 Å². The molecule has 0 aliphatic carbocycles. The highest BCUT2D eigenvalue weighted by atomic mass is 35.5. The first-order valence-corrected chi connectivity index (χ1v) is 8.16. The largest absolute Gasteiger partial charge is 0.492 e. The smallest absolute Gasteiger partial charge is 0.224 e. The van der Waals surface area contributed by atoms with Gasteiger partial charge in [0, 0.05) is 17.1 Å². The van der Waals surface area contributed by atoms with Crippen LogP contribution in [0.3, 0.4) is 0 Å². The molecule has 5 heteroatoms. The molecule has 0 heterocycles. The van der Waals surface area contributed by atoms with Crippen LogP contribution in [-0.4, -0.2) is 12.5 Å². The summed E-state index contributed by atoms with van der Waals surface area (Å²) in [5.41, 5.74) is 3.08. The van der Waals surface area contributed by atoms with Crippen molar-refractivity contribution in [1.29, 1.82) is 0 Å². The van der Waals surface area contributed by atoms with Crippen LogP contribution in [0.5, 0.6) is 5.75 Å². The van der Waals surface area contributed by atoms with Crippen molar-refractivity contribution in [2.75, 3.05) is 11.9 Å². The number of carbonyl (C=O) groups is 1. The average molecular weight is 352 g/mol. The number of nitrogens with one attached hydrogen (secondary N) is 1. The van der Waals surface area contributed by atoms with Gasteiger partial charge in [-0.3, -0.25) is 4.79 Å². The van der Waals surface area contributed by atoms with Crippen molar-refractivity contribution in [3.8, 4) is 5.75 Å². The van der Waals surface area contributed by atoms with Gasteiger partial charge in [-0.15, -0.1) is 0 Å². The van der Waals surface area contributed by atoms with E-state index in [1.807, 2.05) is 32.0 Å². The monoisotopic (exact) mass is 351 g/mol. The Bertz CT molecular complexity index is 701. The number of rotatable bonds is 6. The molecule has 0 aliphatic heterocycles. The van der Waals surface area contributed by atoms with Crippen LogP contribution in [0.1, 0.15) is 24.0 Å². The maximum absolute atomic E-state index is 12.0. The third kappa shape index (κ3) is 5.45. The second-order valence-corrected chi connectivity index (χ2v) is 6.24. The minimum Gasteiger partial charge on any atom is -0.492 e. The fraction of sp³-hybridized carbons (Fsp3) is 0.278. The average Bonchev–Trinajstić information content (AvgIpc) is 2.48. The zero-order chi connectivity index (χ0) is 16.8. The highest BCUT2D eigenvalue weighted by Gasteiger charge is 2.06. The first kappa shape index (κ1) is 17.6. The van der Waals surface area contributed by atoms with Gasteiger partial charge >= 0.3 is 0 Å². The van der Waals surface area contributed by atoms with Gasteiger partial charge in [0.1, 0.15) is 5.75 Å². The van der Waals surface area contributed by atoms with Crippen molar-refractivity contribution in [1.82, 2.24) is 0 Å². The van der Waals surface area contributed by atoms with Crippen LogP contribution in [0.25, 0.3) is 0 Å². The second-order valence-electron chi connectivity index (χ2n) is 5.39. The van der Waals surface area contributed by atoms with E-state index in [0.717, 1.165) is 11.3 Å². The third-order valence-corrected chi connectivity index (χ3v) is 3.89. The van der Waals surface area contributed by atoms with E-state index in [2.05, 4.69) is 5.32 Å². The van der Waals surface area contributed by atoms with E-state index in [0.29, 0.717) is 35.2 Å². The number of benzene rings is 2. The summed E-state index contributed by atoms with van der Waals surface area (Å²) < 4.78 is 5.56. The summed E-state index contributed by atoms with van der Waals surface area (Å²) in [7, 11) is 0. The lowest BCUT2D eigenvalue weighted by molar-refractivity contribution is -0.116. The molecular weight excluding hydrogens is 333 g/mol. The molecule has 2 aromatic rings. The van der Waals surface area contributed by atoms with Crippen molar-refractivity contribution in [3.05, 3.63) is 57.6 Å². The Morgan fingerprint density at radius 2 is 1.91 bits per heavy atom. The Balaban J connectivity index is 1.76.